The molecule has 0 saturated carbocycles. The maximum atomic E-state index is 11.0. The van der Waals surface area contributed by atoms with Gasteiger partial charge in [0.05, 0.1) is 18.6 Å². The Morgan fingerprint density at radius 1 is 1.41 bits per heavy atom. The number of carbonyl (C=O) groups is 1. The molecular weight excluding hydrogens is 298 g/mol. The number of nitrogens with one attached hydrogen (secondary N) is 1. The molecule has 0 aliphatic carbocycles. The van der Waals surface area contributed by atoms with Crippen LogP contribution in [0.15, 0.2) is 34.5 Å². The molecule has 0 unspecified atom stereocenters. The molecule has 1 aliphatic rings. The van der Waals surface area contributed by atoms with E-state index in [9.17, 15) is 4.79 Å². The van der Waals surface area contributed by atoms with Gasteiger partial charge in [-0.2, -0.15) is 5.10 Å². The molecule has 0 spiro atoms. The molecule has 1 N–H and O–H groups in total. The fourth-order valence-corrected chi connectivity index (χ4v) is 2.57. The zero-order chi connectivity index (χ0) is 15.6. The lowest BCUT2D eigenvalue weighted by atomic mass is 10.1. The van der Waals surface area contributed by atoms with Crippen LogP contribution >= 0.6 is 11.8 Å². The van der Waals surface area contributed by atoms with E-state index in [0.717, 1.165) is 24.2 Å². The first-order valence-corrected chi connectivity index (χ1v) is 8.47. The van der Waals surface area contributed by atoms with Gasteiger partial charge in [-0.05, 0) is 23.6 Å². The number of hydrogen-bond acceptors (Lipinski definition) is 5. The highest BCUT2D eigenvalue weighted by atomic mass is 32.2. The number of unbranched alkanes of at least 4 members (excludes halogenated alkanes) is 2. The van der Waals surface area contributed by atoms with Crippen LogP contribution in [0.4, 0.5) is 0 Å². The van der Waals surface area contributed by atoms with Gasteiger partial charge in [0.1, 0.15) is 0 Å². The van der Waals surface area contributed by atoms with E-state index < -0.39 is 0 Å². The van der Waals surface area contributed by atoms with E-state index in [1.54, 1.807) is 6.21 Å². The monoisotopic (exact) mass is 319 g/mol. The predicted molar refractivity (Wildman–Crippen MR) is 91.3 cm³/mol. The molecule has 0 atom stereocenters. The van der Waals surface area contributed by atoms with Crippen LogP contribution in [0.3, 0.4) is 0 Å². The number of thioether (sulfide) groups is 1. The topological polar surface area (TPSA) is 63.1 Å². The Labute approximate surface area is 135 Å². The first-order chi connectivity index (χ1) is 10.8. The molecule has 22 heavy (non-hydrogen) atoms. The zero-order valence-electron chi connectivity index (χ0n) is 12.7. The number of amidine groups is 1. The summed E-state index contributed by atoms with van der Waals surface area (Å²) in [6.45, 7) is 3.60. The maximum absolute atomic E-state index is 11.0. The molecule has 1 aromatic carbocycles. The van der Waals surface area contributed by atoms with E-state index in [1.165, 1.54) is 24.6 Å². The number of rotatable bonds is 8. The van der Waals surface area contributed by atoms with E-state index in [0.29, 0.717) is 17.5 Å². The summed E-state index contributed by atoms with van der Waals surface area (Å²) in [7, 11) is 0. The van der Waals surface area contributed by atoms with Crippen molar-refractivity contribution < 1.29 is 9.53 Å². The molecule has 1 aliphatic heterocycles. The van der Waals surface area contributed by atoms with Crippen LogP contribution in [0, 0.1) is 0 Å². The van der Waals surface area contributed by atoms with Crippen molar-refractivity contribution in [1.29, 1.82) is 0 Å². The minimum atomic E-state index is -0.0267. The molecule has 2 rings (SSSR count). The van der Waals surface area contributed by atoms with E-state index in [-0.39, 0.29) is 5.91 Å². The maximum Gasteiger partial charge on any atom is 0.236 e. The van der Waals surface area contributed by atoms with Gasteiger partial charge < -0.3 is 10.1 Å². The minimum Gasteiger partial charge on any atom is -0.377 e. The summed E-state index contributed by atoms with van der Waals surface area (Å²) in [6, 6.07) is 8.01. The molecule has 1 saturated heterocycles. The third-order valence-corrected chi connectivity index (χ3v) is 3.92. The molecule has 0 aromatic heterocycles. The predicted octanol–water partition coefficient (Wildman–Crippen LogP) is 2.95. The Hall–Kier alpha value is -1.66. The van der Waals surface area contributed by atoms with Crippen molar-refractivity contribution in [3.63, 3.8) is 0 Å². The molecule has 1 fully saturated rings. The van der Waals surface area contributed by atoms with Crippen LogP contribution in [0.5, 0.6) is 0 Å². The summed E-state index contributed by atoms with van der Waals surface area (Å²) in [4.78, 5) is 11.0. The second-order valence-electron chi connectivity index (χ2n) is 4.99. The minimum absolute atomic E-state index is 0.0267. The first-order valence-electron chi connectivity index (χ1n) is 7.48. The van der Waals surface area contributed by atoms with Gasteiger partial charge in [-0.1, -0.05) is 49.7 Å². The summed E-state index contributed by atoms with van der Waals surface area (Å²) in [5.74, 6) is 0.389. The van der Waals surface area contributed by atoms with Gasteiger partial charge in [0, 0.05) is 6.61 Å². The average molecular weight is 319 g/mol. The van der Waals surface area contributed by atoms with Crippen LogP contribution in [-0.2, 0) is 16.1 Å². The Balaban J connectivity index is 1.81. The summed E-state index contributed by atoms with van der Waals surface area (Å²) in [5, 5.41) is 11.2. The highest BCUT2D eigenvalue weighted by Gasteiger charge is 2.15. The van der Waals surface area contributed by atoms with E-state index in [1.807, 2.05) is 24.3 Å². The quantitative estimate of drug-likeness (QED) is 0.455. The zero-order valence-corrected chi connectivity index (χ0v) is 13.6. The second-order valence-corrected chi connectivity index (χ2v) is 5.96. The van der Waals surface area contributed by atoms with Gasteiger partial charge in [0.15, 0.2) is 5.17 Å². The van der Waals surface area contributed by atoms with Crippen molar-refractivity contribution in [3.05, 3.63) is 35.4 Å². The third kappa shape index (κ3) is 5.99. The van der Waals surface area contributed by atoms with Gasteiger partial charge in [-0.25, -0.2) is 0 Å². The molecule has 0 bridgehead atoms. The largest absolute Gasteiger partial charge is 0.377 e. The number of nitrogens with zero attached hydrogens (tertiary/aromatic N) is 2. The highest BCUT2D eigenvalue weighted by molar-refractivity contribution is 8.15. The summed E-state index contributed by atoms with van der Waals surface area (Å²) in [5.41, 5.74) is 2.09. The summed E-state index contributed by atoms with van der Waals surface area (Å²) < 4.78 is 5.65. The van der Waals surface area contributed by atoms with E-state index >= 15 is 0 Å². The van der Waals surface area contributed by atoms with Crippen LogP contribution < -0.4 is 5.32 Å². The van der Waals surface area contributed by atoms with E-state index in [4.69, 9.17) is 4.74 Å². The number of ether oxygens (including phenoxy) is 1. The number of benzene rings is 1. The molecule has 5 nitrogen and oxygen atoms in total. The van der Waals surface area contributed by atoms with Crippen molar-refractivity contribution >= 4 is 29.1 Å². The van der Waals surface area contributed by atoms with Crippen molar-refractivity contribution in [2.75, 3.05) is 12.4 Å². The van der Waals surface area contributed by atoms with Gasteiger partial charge >= 0.3 is 0 Å². The Morgan fingerprint density at radius 2 is 2.32 bits per heavy atom. The van der Waals surface area contributed by atoms with Crippen LogP contribution in [0.1, 0.15) is 37.3 Å². The van der Waals surface area contributed by atoms with Crippen molar-refractivity contribution in [3.8, 4) is 0 Å². The lowest BCUT2D eigenvalue weighted by Crippen LogP contribution is -2.19. The standard InChI is InChI=1S/C16H21N3O2S/c1-2-3-4-8-21-11-14-7-5-6-13(9-14)10-17-19-16-18-15(20)12-22-16/h5-7,9-10H,2-4,8,11-12H2,1H3,(H,18,19,20). The highest BCUT2D eigenvalue weighted by Crippen LogP contribution is 2.09. The van der Waals surface area contributed by atoms with E-state index in [2.05, 4.69) is 22.4 Å². The Bertz CT molecular complexity index is 558. The lowest BCUT2D eigenvalue weighted by Gasteiger charge is -2.04. The average Bonchev–Trinajstić information content (AvgIpc) is 2.93. The van der Waals surface area contributed by atoms with Crippen LogP contribution in [0.2, 0.25) is 0 Å². The van der Waals surface area contributed by atoms with Gasteiger partial charge in [0.25, 0.3) is 0 Å². The molecular formula is C16H21N3O2S. The smallest absolute Gasteiger partial charge is 0.236 e. The fourth-order valence-electron chi connectivity index (χ4n) is 1.93. The van der Waals surface area contributed by atoms with Crippen molar-refractivity contribution in [2.24, 2.45) is 10.2 Å². The molecule has 1 aromatic rings. The molecule has 118 valence electrons. The Kier molecular flexibility index (Phi) is 7.12. The van der Waals surface area contributed by atoms with Crippen LogP contribution in [0.25, 0.3) is 0 Å². The van der Waals surface area contributed by atoms with Gasteiger partial charge in [0.2, 0.25) is 5.91 Å². The lowest BCUT2D eigenvalue weighted by molar-refractivity contribution is -0.116. The third-order valence-electron chi connectivity index (χ3n) is 3.05. The fraction of sp³-hybridized carbons (Fsp3) is 0.438. The number of amides is 1. The van der Waals surface area contributed by atoms with Crippen molar-refractivity contribution in [1.82, 2.24) is 5.32 Å². The normalized spacial score (nSPS) is 16.6. The first kappa shape index (κ1) is 16.7. The Morgan fingerprint density at radius 3 is 3.09 bits per heavy atom. The SMILES string of the molecule is CCCCCOCc1cccc(C=NN=C2NC(=O)CS2)c1. The summed E-state index contributed by atoms with van der Waals surface area (Å²) >= 11 is 1.36. The molecule has 6 heteroatoms. The van der Waals surface area contributed by atoms with Crippen molar-refractivity contribution in [2.45, 2.75) is 32.8 Å². The second kappa shape index (κ2) is 9.38. The molecule has 1 amide bonds. The molecule has 1 heterocycles. The number of carbonyl (C=O) groups excluding carboxylic acids is 1. The van der Waals surface area contributed by atoms with Gasteiger partial charge in [-0.3, -0.25) is 4.79 Å². The summed E-state index contributed by atoms with van der Waals surface area (Å²) in [6.07, 6.45) is 5.20. The van der Waals surface area contributed by atoms with Gasteiger partial charge in [-0.15, -0.1) is 5.10 Å². The number of hydrogen-bond donors (Lipinski definition) is 1. The molecule has 0 radical (unpaired) electrons. The van der Waals surface area contributed by atoms with Crippen LogP contribution in [-0.4, -0.2) is 29.6 Å².